The molecule has 2 heterocycles. The van der Waals surface area contributed by atoms with Crippen molar-refractivity contribution in [3.8, 4) is 0 Å². The highest BCUT2D eigenvalue weighted by atomic mass is 16.5. The molecule has 2 aromatic rings. The van der Waals surface area contributed by atoms with Crippen LogP contribution in [0, 0.1) is 12.8 Å². The van der Waals surface area contributed by atoms with Crippen molar-refractivity contribution < 1.29 is 37.8 Å². The minimum absolute atomic E-state index is 0.0733. The lowest BCUT2D eigenvalue weighted by molar-refractivity contribution is -0.150. The first-order valence-electron chi connectivity index (χ1n) is 9.74. The second kappa shape index (κ2) is 9.09. The fourth-order valence-electron chi connectivity index (χ4n) is 3.72. The van der Waals surface area contributed by atoms with Gasteiger partial charge in [0.25, 0.3) is 0 Å². The molecule has 0 saturated carbocycles. The molecule has 0 amide bonds. The number of ether oxygens (including phenoxy) is 3. The molecule has 9 heteroatoms. The van der Waals surface area contributed by atoms with Gasteiger partial charge in [-0.2, -0.15) is 0 Å². The van der Waals surface area contributed by atoms with Gasteiger partial charge in [-0.3, -0.25) is 9.59 Å². The van der Waals surface area contributed by atoms with Gasteiger partial charge in [0.1, 0.15) is 11.5 Å². The average Bonchev–Trinajstić information content (AvgIpc) is 3.12. The molecular weight excluding hydrogens is 418 g/mol. The quantitative estimate of drug-likeness (QED) is 0.409. The smallest absolute Gasteiger partial charge is 0.336 e. The topological polar surface area (TPSA) is 121 Å². The standard InChI is InChI=1S/C23H23NO8/c1-11-14-8-6-7-9-16(14)32-20(11)15(25)10-31-23(28)19-17(21(26)29-4)12(2)24-13(3)18(19)22(27)30-5/h6-9,19,24H,10H2,1-5H3. The van der Waals surface area contributed by atoms with Gasteiger partial charge in [0.2, 0.25) is 5.78 Å². The van der Waals surface area contributed by atoms with Gasteiger partial charge >= 0.3 is 17.9 Å². The first-order chi connectivity index (χ1) is 15.2. The van der Waals surface area contributed by atoms with Gasteiger partial charge in [-0.25, -0.2) is 9.59 Å². The highest BCUT2D eigenvalue weighted by molar-refractivity contribution is 6.06. The number of allylic oxidation sites excluding steroid dienone is 2. The minimum atomic E-state index is -1.42. The number of para-hydroxylation sites is 1. The number of carbonyl (C=O) groups is 4. The SMILES string of the molecule is COC(=O)C1=C(C)NC(C)=C(C(=O)OC)C1C(=O)OCC(=O)c1oc2ccccc2c1C. The molecular formula is C23H23NO8. The van der Waals surface area contributed by atoms with E-state index in [1.54, 1.807) is 32.9 Å². The van der Waals surface area contributed by atoms with Crippen LogP contribution in [0.15, 0.2) is 51.2 Å². The maximum absolute atomic E-state index is 13.0. The van der Waals surface area contributed by atoms with Crippen molar-refractivity contribution in [3.05, 3.63) is 58.1 Å². The van der Waals surface area contributed by atoms with Gasteiger partial charge in [-0.15, -0.1) is 0 Å². The zero-order chi connectivity index (χ0) is 23.6. The van der Waals surface area contributed by atoms with Gasteiger partial charge in [-0.05, 0) is 26.8 Å². The van der Waals surface area contributed by atoms with Crippen molar-refractivity contribution in [3.63, 3.8) is 0 Å². The van der Waals surface area contributed by atoms with Crippen LogP contribution < -0.4 is 5.32 Å². The fraction of sp³-hybridized carbons (Fsp3) is 0.304. The zero-order valence-corrected chi connectivity index (χ0v) is 18.4. The molecule has 3 rings (SSSR count). The summed E-state index contributed by atoms with van der Waals surface area (Å²) in [7, 11) is 2.31. The number of nitrogens with one attached hydrogen (secondary N) is 1. The molecule has 0 saturated heterocycles. The van der Waals surface area contributed by atoms with Gasteiger partial charge in [-0.1, -0.05) is 18.2 Å². The van der Waals surface area contributed by atoms with E-state index in [1.807, 2.05) is 12.1 Å². The van der Waals surface area contributed by atoms with E-state index < -0.39 is 36.2 Å². The van der Waals surface area contributed by atoms with Crippen molar-refractivity contribution in [2.45, 2.75) is 20.8 Å². The molecule has 0 aliphatic carbocycles. The number of hydrogen-bond donors (Lipinski definition) is 1. The Bertz CT molecular complexity index is 1150. The Morgan fingerprint density at radius 2 is 1.50 bits per heavy atom. The third-order valence-electron chi connectivity index (χ3n) is 5.25. The number of dihydropyridines is 1. The van der Waals surface area contributed by atoms with Crippen LogP contribution in [-0.4, -0.2) is 44.5 Å². The Labute approximate surface area is 184 Å². The highest BCUT2D eigenvalue weighted by Gasteiger charge is 2.42. The number of Topliss-reactive ketones (excluding diaryl/α,β-unsaturated/α-hetero) is 1. The summed E-state index contributed by atoms with van der Waals surface area (Å²) in [6.07, 6.45) is 0. The third kappa shape index (κ3) is 4.01. The highest BCUT2D eigenvalue weighted by Crippen LogP contribution is 2.32. The number of ketones is 1. The van der Waals surface area contributed by atoms with E-state index in [2.05, 4.69) is 5.32 Å². The van der Waals surface area contributed by atoms with Crippen molar-refractivity contribution in [2.24, 2.45) is 5.92 Å². The lowest BCUT2D eigenvalue weighted by Gasteiger charge is -2.28. The second-order valence-electron chi connectivity index (χ2n) is 7.20. The van der Waals surface area contributed by atoms with Crippen LogP contribution in [0.5, 0.6) is 0 Å². The van der Waals surface area contributed by atoms with Crippen molar-refractivity contribution in [1.82, 2.24) is 5.32 Å². The second-order valence-corrected chi connectivity index (χ2v) is 7.20. The van der Waals surface area contributed by atoms with E-state index in [-0.39, 0.29) is 16.9 Å². The maximum Gasteiger partial charge on any atom is 0.336 e. The molecule has 168 valence electrons. The van der Waals surface area contributed by atoms with E-state index in [1.165, 1.54) is 0 Å². The summed E-state index contributed by atoms with van der Waals surface area (Å²) < 4.78 is 20.4. The van der Waals surface area contributed by atoms with Gasteiger partial charge in [0, 0.05) is 22.3 Å². The number of carbonyl (C=O) groups excluding carboxylic acids is 4. The van der Waals surface area contributed by atoms with Crippen LogP contribution in [0.1, 0.15) is 30.0 Å². The van der Waals surface area contributed by atoms with Crippen LogP contribution in [0.25, 0.3) is 11.0 Å². The molecule has 1 N–H and O–H groups in total. The number of benzene rings is 1. The number of esters is 3. The van der Waals surface area contributed by atoms with Gasteiger partial charge in [0.15, 0.2) is 12.4 Å². The summed E-state index contributed by atoms with van der Waals surface area (Å²) in [5, 5.41) is 3.65. The number of hydrogen-bond acceptors (Lipinski definition) is 9. The largest absolute Gasteiger partial charge is 0.466 e. The lowest BCUT2D eigenvalue weighted by Crippen LogP contribution is -2.38. The summed E-state index contributed by atoms with van der Waals surface area (Å²) in [5.74, 6) is -4.49. The van der Waals surface area contributed by atoms with E-state index in [0.29, 0.717) is 22.5 Å². The summed E-state index contributed by atoms with van der Waals surface area (Å²) >= 11 is 0. The van der Waals surface area contributed by atoms with Gasteiger partial charge < -0.3 is 23.9 Å². The summed E-state index contributed by atoms with van der Waals surface area (Å²) in [4.78, 5) is 50.5. The fourth-order valence-corrected chi connectivity index (χ4v) is 3.72. The molecule has 9 nitrogen and oxygen atoms in total. The normalized spacial score (nSPS) is 14.3. The molecule has 0 spiro atoms. The molecule has 0 atom stereocenters. The molecule has 0 fully saturated rings. The van der Waals surface area contributed by atoms with Crippen molar-refractivity contribution >= 4 is 34.7 Å². The molecule has 1 aliphatic rings. The van der Waals surface area contributed by atoms with Crippen LogP contribution in [0.4, 0.5) is 0 Å². The summed E-state index contributed by atoms with van der Waals surface area (Å²) in [6.45, 7) is 4.22. The number of methoxy groups -OCH3 is 2. The Morgan fingerprint density at radius 1 is 0.938 bits per heavy atom. The minimum Gasteiger partial charge on any atom is -0.466 e. The van der Waals surface area contributed by atoms with E-state index in [9.17, 15) is 19.2 Å². The van der Waals surface area contributed by atoms with Crippen molar-refractivity contribution in [1.29, 1.82) is 0 Å². The zero-order valence-electron chi connectivity index (χ0n) is 18.4. The molecule has 0 unspecified atom stereocenters. The predicted molar refractivity (Wildman–Crippen MR) is 112 cm³/mol. The molecule has 1 aromatic carbocycles. The third-order valence-corrected chi connectivity index (χ3v) is 5.25. The number of furan rings is 1. The van der Waals surface area contributed by atoms with Crippen molar-refractivity contribution in [2.75, 3.05) is 20.8 Å². The summed E-state index contributed by atoms with van der Waals surface area (Å²) in [6, 6.07) is 7.15. The number of fused-ring (bicyclic) bond motifs is 1. The van der Waals surface area contributed by atoms with Gasteiger partial charge in [0.05, 0.1) is 25.4 Å². The first kappa shape index (κ1) is 22.8. The molecule has 0 radical (unpaired) electrons. The monoisotopic (exact) mass is 441 g/mol. The number of rotatable bonds is 6. The Hall–Kier alpha value is -3.88. The van der Waals surface area contributed by atoms with Crippen LogP contribution in [0.3, 0.4) is 0 Å². The van der Waals surface area contributed by atoms with Crippen LogP contribution >= 0.6 is 0 Å². The molecule has 0 bridgehead atoms. The Morgan fingerprint density at radius 3 is 2.03 bits per heavy atom. The Kier molecular flexibility index (Phi) is 6.47. The van der Waals surface area contributed by atoms with E-state index >= 15 is 0 Å². The summed E-state index contributed by atoms with van der Waals surface area (Å²) in [5.41, 5.74) is 1.61. The van der Waals surface area contributed by atoms with E-state index in [4.69, 9.17) is 18.6 Å². The maximum atomic E-state index is 13.0. The van der Waals surface area contributed by atoms with Crippen LogP contribution in [-0.2, 0) is 28.6 Å². The number of aryl methyl sites for hydroxylation is 1. The van der Waals surface area contributed by atoms with E-state index in [0.717, 1.165) is 19.6 Å². The molecule has 32 heavy (non-hydrogen) atoms. The molecule has 1 aromatic heterocycles. The van der Waals surface area contributed by atoms with Crippen LogP contribution in [0.2, 0.25) is 0 Å². The first-order valence-corrected chi connectivity index (χ1v) is 9.74. The molecule has 1 aliphatic heterocycles. The average molecular weight is 441 g/mol. The Balaban J connectivity index is 1.89. The predicted octanol–water partition coefficient (Wildman–Crippen LogP) is 2.58. The lowest BCUT2D eigenvalue weighted by atomic mass is 9.85.